The first kappa shape index (κ1) is 21.1. The van der Waals surface area contributed by atoms with Crippen LogP contribution in [0.4, 0.5) is 5.69 Å². The van der Waals surface area contributed by atoms with E-state index in [1.807, 2.05) is 0 Å². The van der Waals surface area contributed by atoms with Crippen molar-refractivity contribution in [3.63, 3.8) is 0 Å². The molecule has 0 radical (unpaired) electrons. The van der Waals surface area contributed by atoms with Crippen molar-refractivity contribution < 1.29 is 21.6 Å². The van der Waals surface area contributed by atoms with Crippen molar-refractivity contribution >= 4 is 25.7 Å². The highest BCUT2D eigenvalue weighted by Gasteiger charge is 2.33. The summed E-state index contributed by atoms with van der Waals surface area (Å²) in [5.74, 6) is 0.628. The van der Waals surface area contributed by atoms with Gasteiger partial charge in [0.15, 0.2) is 0 Å². The summed E-state index contributed by atoms with van der Waals surface area (Å²) in [5, 5.41) is 0. The summed E-state index contributed by atoms with van der Waals surface area (Å²) >= 11 is 0. The molecule has 162 valence electrons. The lowest BCUT2D eigenvalue weighted by atomic mass is 10.2. The van der Waals surface area contributed by atoms with Gasteiger partial charge in [0, 0.05) is 19.6 Å². The van der Waals surface area contributed by atoms with E-state index >= 15 is 0 Å². The van der Waals surface area contributed by atoms with Crippen LogP contribution in [0.1, 0.15) is 30.4 Å². The van der Waals surface area contributed by atoms with Crippen LogP contribution in [0, 0.1) is 6.92 Å². The molecule has 0 N–H and O–H groups in total. The van der Waals surface area contributed by atoms with E-state index in [4.69, 9.17) is 4.74 Å². The predicted molar refractivity (Wildman–Crippen MR) is 115 cm³/mol. The second-order valence-corrected chi connectivity index (χ2v) is 11.5. The number of hydrogen-bond acceptors (Lipinski definition) is 5. The van der Waals surface area contributed by atoms with Gasteiger partial charge in [-0.1, -0.05) is 6.42 Å². The Bertz CT molecular complexity index is 1170. The number of benzene rings is 2. The summed E-state index contributed by atoms with van der Waals surface area (Å²) in [6, 6.07) is 9.56. The molecule has 0 saturated carbocycles. The molecule has 2 heterocycles. The molecule has 2 aliphatic heterocycles. The van der Waals surface area contributed by atoms with E-state index in [9.17, 15) is 16.8 Å². The quantitative estimate of drug-likeness (QED) is 0.699. The molecule has 0 aliphatic carbocycles. The number of ether oxygens (including phenoxy) is 1. The number of aryl methyl sites for hydroxylation is 1. The molecular weight excluding hydrogens is 424 g/mol. The zero-order valence-corrected chi connectivity index (χ0v) is 18.8. The van der Waals surface area contributed by atoms with Crippen LogP contribution < -0.4 is 9.04 Å². The van der Waals surface area contributed by atoms with E-state index in [0.29, 0.717) is 30.9 Å². The Balaban J connectivity index is 1.66. The molecule has 7 nitrogen and oxygen atoms in total. The normalized spacial score (nSPS) is 17.7. The van der Waals surface area contributed by atoms with Crippen molar-refractivity contribution in [1.29, 1.82) is 0 Å². The van der Waals surface area contributed by atoms with Gasteiger partial charge >= 0.3 is 0 Å². The minimum atomic E-state index is -3.75. The van der Waals surface area contributed by atoms with Crippen LogP contribution in [-0.2, 0) is 26.5 Å². The Morgan fingerprint density at radius 2 is 1.50 bits per heavy atom. The fourth-order valence-electron chi connectivity index (χ4n) is 4.15. The SMILES string of the molecule is COc1ccc(S(=O)(=O)N2CCc3cc(S(=O)(=O)N4CCCCC4)ccc32)cc1C. The standard InChI is InChI=1S/C21H26N2O5S2/c1-16-14-18(7-9-21(16)28-2)30(26,27)23-13-10-17-15-19(6-8-20(17)23)29(24,25)22-11-4-3-5-12-22/h6-9,14-15H,3-5,10-13H2,1-2H3. The van der Waals surface area contributed by atoms with E-state index in [1.165, 1.54) is 20.7 Å². The smallest absolute Gasteiger partial charge is 0.264 e. The van der Waals surface area contributed by atoms with Crippen molar-refractivity contribution in [2.45, 2.75) is 42.4 Å². The van der Waals surface area contributed by atoms with Crippen LogP contribution in [0.5, 0.6) is 5.75 Å². The number of piperidine rings is 1. The molecule has 2 aromatic carbocycles. The van der Waals surface area contributed by atoms with E-state index < -0.39 is 20.0 Å². The average molecular weight is 451 g/mol. The van der Waals surface area contributed by atoms with Crippen molar-refractivity contribution in [2.75, 3.05) is 31.0 Å². The fourth-order valence-corrected chi connectivity index (χ4v) is 7.31. The number of fused-ring (bicyclic) bond motifs is 1. The first-order valence-corrected chi connectivity index (χ1v) is 12.9. The Morgan fingerprint density at radius 3 is 2.17 bits per heavy atom. The lowest BCUT2D eigenvalue weighted by Gasteiger charge is -2.26. The fraction of sp³-hybridized carbons (Fsp3) is 0.429. The Hall–Kier alpha value is -2.10. The molecule has 9 heteroatoms. The number of rotatable bonds is 5. The van der Waals surface area contributed by atoms with E-state index in [1.54, 1.807) is 38.3 Å². The van der Waals surface area contributed by atoms with Crippen LogP contribution >= 0.6 is 0 Å². The number of sulfonamides is 2. The monoisotopic (exact) mass is 450 g/mol. The number of nitrogens with zero attached hydrogens (tertiary/aromatic N) is 2. The summed E-state index contributed by atoms with van der Waals surface area (Å²) in [5.41, 5.74) is 2.02. The molecule has 0 atom stereocenters. The topological polar surface area (TPSA) is 84.0 Å². The second kappa shape index (κ2) is 7.86. The van der Waals surface area contributed by atoms with Gasteiger partial charge in [0.2, 0.25) is 10.0 Å². The van der Waals surface area contributed by atoms with Gasteiger partial charge in [-0.25, -0.2) is 16.8 Å². The molecule has 0 unspecified atom stereocenters. The Labute approximate surface area is 178 Å². The Morgan fingerprint density at radius 1 is 0.833 bits per heavy atom. The number of methoxy groups -OCH3 is 1. The lowest BCUT2D eigenvalue weighted by Crippen LogP contribution is -2.35. The van der Waals surface area contributed by atoms with Gasteiger partial charge in [-0.05, 0) is 73.7 Å². The van der Waals surface area contributed by atoms with Gasteiger partial charge < -0.3 is 4.74 Å². The van der Waals surface area contributed by atoms with Crippen LogP contribution in [0.15, 0.2) is 46.2 Å². The Kier molecular flexibility index (Phi) is 5.54. The molecule has 0 aromatic heterocycles. The van der Waals surface area contributed by atoms with Gasteiger partial charge in [0.25, 0.3) is 10.0 Å². The van der Waals surface area contributed by atoms with Gasteiger partial charge in [0.05, 0.1) is 22.6 Å². The molecule has 4 rings (SSSR count). The maximum absolute atomic E-state index is 13.2. The van der Waals surface area contributed by atoms with Gasteiger partial charge in [-0.2, -0.15) is 4.31 Å². The van der Waals surface area contributed by atoms with Crippen molar-refractivity contribution in [2.24, 2.45) is 0 Å². The summed E-state index contributed by atoms with van der Waals surface area (Å²) in [6.45, 7) is 3.16. The summed E-state index contributed by atoms with van der Waals surface area (Å²) in [6.07, 6.45) is 3.27. The predicted octanol–water partition coefficient (Wildman–Crippen LogP) is 2.93. The average Bonchev–Trinajstić information content (AvgIpc) is 3.18. The molecule has 1 fully saturated rings. The molecule has 1 saturated heterocycles. The van der Waals surface area contributed by atoms with Crippen molar-refractivity contribution in [3.05, 3.63) is 47.5 Å². The summed E-state index contributed by atoms with van der Waals surface area (Å²) in [7, 11) is -5.76. The summed E-state index contributed by atoms with van der Waals surface area (Å²) in [4.78, 5) is 0.432. The van der Waals surface area contributed by atoms with E-state index in [2.05, 4.69) is 0 Å². The molecular formula is C21H26N2O5S2. The molecule has 0 bridgehead atoms. The lowest BCUT2D eigenvalue weighted by molar-refractivity contribution is 0.346. The molecule has 0 amide bonds. The first-order valence-electron chi connectivity index (χ1n) is 10.1. The van der Waals surface area contributed by atoms with E-state index in [0.717, 1.165) is 30.4 Å². The minimum Gasteiger partial charge on any atom is -0.496 e. The zero-order chi connectivity index (χ0) is 21.5. The number of anilines is 1. The van der Waals surface area contributed by atoms with Gasteiger partial charge in [-0.3, -0.25) is 4.31 Å². The third-order valence-electron chi connectivity index (χ3n) is 5.81. The highest BCUT2D eigenvalue weighted by molar-refractivity contribution is 7.92. The zero-order valence-electron chi connectivity index (χ0n) is 17.2. The molecule has 30 heavy (non-hydrogen) atoms. The van der Waals surface area contributed by atoms with E-state index in [-0.39, 0.29) is 16.3 Å². The second-order valence-electron chi connectivity index (χ2n) is 7.71. The van der Waals surface area contributed by atoms with Gasteiger partial charge in [0.1, 0.15) is 5.75 Å². The third kappa shape index (κ3) is 3.59. The number of hydrogen-bond donors (Lipinski definition) is 0. The first-order chi connectivity index (χ1) is 14.2. The molecule has 0 spiro atoms. The van der Waals surface area contributed by atoms with Crippen LogP contribution in [0.3, 0.4) is 0 Å². The maximum atomic E-state index is 13.2. The highest BCUT2D eigenvalue weighted by Crippen LogP contribution is 2.36. The highest BCUT2D eigenvalue weighted by atomic mass is 32.2. The largest absolute Gasteiger partial charge is 0.496 e. The third-order valence-corrected chi connectivity index (χ3v) is 9.51. The van der Waals surface area contributed by atoms with Crippen LogP contribution in [0.25, 0.3) is 0 Å². The van der Waals surface area contributed by atoms with Crippen LogP contribution in [0.2, 0.25) is 0 Å². The summed E-state index contributed by atoms with van der Waals surface area (Å²) < 4.78 is 60.5. The molecule has 2 aliphatic rings. The van der Waals surface area contributed by atoms with Crippen LogP contribution in [-0.4, -0.2) is 47.9 Å². The van der Waals surface area contributed by atoms with Gasteiger partial charge in [-0.15, -0.1) is 0 Å². The molecule has 2 aromatic rings. The van der Waals surface area contributed by atoms with Crippen molar-refractivity contribution in [1.82, 2.24) is 4.31 Å². The minimum absolute atomic E-state index is 0.193. The van der Waals surface area contributed by atoms with Crippen molar-refractivity contribution in [3.8, 4) is 5.75 Å². The maximum Gasteiger partial charge on any atom is 0.264 e.